The lowest BCUT2D eigenvalue weighted by Gasteiger charge is -2.06. The van der Waals surface area contributed by atoms with Crippen molar-refractivity contribution in [2.24, 2.45) is 5.22 Å². The van der Waals surface area contributed by atoms with E-state index in [1.54, 1.807) is 0 Å². The van der Waals surface area contributed by atoms with Gasteiger partial charge in [-0.25, -0.2) is 4.98 Å². The smallest absolute Gasteiger partial charge is 0.303 e. The van der Waals surface area contributed by atoms with E-state index in [2.05, 4.69) is 27.9 Å². The third-order valence-electron chi connectivity index (χ3n) is 3.69. The van der Waals surface area contributed by atoms with Gasteiger partial charge in [0.25, 0.3) is 0 Å². The van der Waals surface area contributed by atoms with Crippen LogP contribution in [0.3, 0.4) is 0 Å². The quantitative estimate of drug-likeness (QED) is 0.537. The van der Waals surface area contributed by atoms with Gasteiger partial charge in [0.15, 0.2) is 0 Å². The standard InChI is InChI=1S/C14H17N5O2/c15-18-16-6-12-8-19-7-11(9-1-2-9)5-10(14(19)17-12)3-4-13(20)21/h5,7-9H,1-4,6H2,(H2,15,16)(H,20,21). The minimum atomic E-state index is -0.800. The normalized spacial score (nSPS) is 14.3. The molecule has 0 amide bonds. The lowest BCUT2D eigenvalue weighted by Crippen LogP contribution is -2.03. The van der Waals surface area contributed by atoms with E-state index < -0.39 is 5.97 Å². The molecule has 3 rings (SSSR count). The third kappa shape index (κ3) is 3.01. The van der Waals surface area contributed by atoms with E-state index in [1.807, 2.05) is 10.6 Å². The SMILES string of the molecule is N=NNCc1cn2cc(C3CC3)cc(CCC(=O)O)c2n1. The maximum absolute atomic E-state index is 10.8. The number of carboxylic acid groups (broad SMARTS) is 1. The topological polar surface area (TPSA) is 103 Å². The Morgan fingerprint density at radius 2 is 2.33 bits per heavy atom. The number of rotatable bonds is 7. The van der Waals surface area contributed by atoms with Gasteiger partial charge in [-0.15, -0.1) is 0 Å². The van der Waals surface area contributed by atoms with Gasteiger partial charge in [-0.05, 0) is 36.3 Å². The summed E-state index contributed by atoms with van der Waals surface area (Å²) in [6.45, 7) is 0.391. The molecule has 7 heteroatoms. The van der Waals surface area contributed by atoms with Crippen molar-refractivity contribution >= 4 is 11.6 Å². The van der Waals surface area contributed by atoms with E-state index in [4.69, 9.17) is 10.6 Å². The maximum Gasteiger partial charge on any atom is 0.303 e. The van der Waals surface area contributed by atoms with E-state index in [9.17, 15) is 4.79 Å². The third-order valence-corrected chi connectivity index (χ3v) is 3.69. The Morgan fingerprint density at radius 3 is 3.00 bits per heavy atom. The van der Waals surface area contributed by atoms with Crippen LogP contribution in [0.1, 0.15) is 42.0 Å². The van der Waals surface area contributed by atoms with Crippen LogP contribution in [0.25, 0.3) is 5.65 Å². The highest BCUT2D eigenvalue weighted by Gasteiger charge is 2.25. The fourth-order valence-corrected chi connectivity index (χ4v) is 2.52. The second-order valence-electron chi connectivity index (χ2n) is 5.38. The summed E-state index contributed by atoms with van der Waals surface area (Å²) in [4.78, 5) is 15.3. The zero-order valence-electron chi connectivity index (χ0n) is 11.5. The fraction of sp³-hybridized carbons (Fsp3) is 0.429. The maximum atomic E-state index is 10.8. The second kappa shape index (κ2) is 5.51. The van der Waals surface area contributed by atoms with Crippen LogP contribution in [0.15, 0.2) is 23.7 Å². The Morgan fingerprint density at radius 1 is 1.52 bits per heavy atom. The summed E-state index contributed by atoms with van der Waals surface area (Å²) in [6, 6.07) is 2.09. The number of pyridine rings is 1. The number of nitrogens with zero attached hydrogens (tertiary/aromatic N) is 3. The molecule has 0 saturated heterocycles. The van der Waals surface area contributed by atoms with Crippen molar-refractivity contribution < 1.29 is 9.90 Å². The molecule has 21 heavy (non-hydrogen) atoms. The number of aromatic nitrogens is 2. The van der Waals surface area contributed by atoms with Crippen LogP contribution in [0.4, 0.5) is 0 Å². The van der Waals surface area contributed by atoms with Crippen molar-refractivity contribution in [3.63, 3.8) is 0 Å². The number of aryl methyl sites for hydroxylation is 1. The molecule has 1 fully saturated rings. The van der Waals surface area contributed by atoms with Crippen LogP contribution in [-0.2, 0) is 17.8 Å². The van der Waals surface area contributed by atoms with Gasteiger partial charge in [0.05, 0.1) is 12.2 Å². The van der Waals surface area contributed by atoms with Gasteiger partial charge in [0, 0.05) is 18.8 Å². The minimum Gasteiger partial charge on any atom is -0.481 e. The largest absolute Gasteiger partial charge is 0.481 e. The summed E-state index contributed by atoms with van der Waals surface area (Å²) in [5.41, 5.74) is 13.1. The average Bonchev–Trinajstić information content (AvgIpc) is 3.22. The molecule has 1 aliphatic rings. The number of imidazole rings is 1. The molecule has 2 heterocycles. The van der Waals surface area contributed by atoms with Gasteiger partial charge in [0.1, 0.15) is 5.65 Å². The number of hydrogen-bond acceptors (Lipinski definition) is 4. The van der Waals surface area contributed by atoms with E-state index in [1.165, 1.54) is 18.4 Å². The van der Waals surface area contributed by atoms with E-state index in [0.717, 1.165) is 16.9 Å². The van der Waals surface area contributed by atoms with Gasteiger partial charge < -0.3 is 9.51 Å². The first-order valence-corrected chi connectivity index (χ1v) is 6.99. The first-order valence-electron chi connectivity index (χ1n) is 6.99. The van der Waals surface area contributed by atoms with Crippen molar-refractivity contribution in [3.05, 3.63) is 35.3 Å². The first-order chi connectivity index (χ1) is 10.2. The van der Waals surface area contributed by atoms with Gasteiger partial charge in [0.2, 0.25) is 0 Å². The summed E-state index contributed by atoms with van der Waals surface area (Å²) >= 11 is 0. The molecule has 0 spiro atoms. The van der Waals surface area contributed by atoms with Crippen LogP contribution in [0, 0.1) is 5.53 Å². The predicted octanol–water partition coefficient (Wildman–Crippen LogP) is 2.26. The lowest BCUT2D eigenvalue weighted by molar-refractivity contribution is -0.136. The summed E-state index contributed by atoms with van der Waals surface area (Å²) in [7, 11) is 0. The van der Waals surface area contributed by atoms with Crippen molar-refractivity contribution in [2.75, 3.05) is 0 Å². The molecular weight excluding hydrogens is 270 g/mol. The molecule has 3 N–H and O–H groups in total. The van der Waals surface area contributed by atoms with Crippen molar-refractivity contribution in [1.29, 1.82) is 5.53 Å². The van der Waals surface area contributed by atoms with Gasteiger partial charge in [-0.2, -0.15) is 5.53 Å². The summed E-state index contributed by atoms with van der Waals surface area (Å²) in [5, 5.41) is 12.0. The molecule has 0 bridgehead atoms. The molecule has 2 aromatic heterocycles. The Labute approximate surface area is 121 Å². The first kappa shape index (κ1) is 13.5. The molecule has 1 aliphatic carbocycles. The van der Waals surface area contributed by atoms with E-state index in [-0.39, 0.29) is 6.42 Å². The summed E-state index contributed by atoms with van der Waals surface area (Å²) in [6.07, 6.45) is 6.96. The van der Waals surface area contributed by atoms with Gasteiger partial charge in [-0.1, -0.05) is 11.3 Å². The molecule has 0 atom stereocenters. The Kier molecular flexibility index (Phi) is 3.55. The van der Waals surface area contributed by atoms with Crippen molar-refractivity contribution in [3.8, 4) is 0 Å². The highest BCUT2D eigenvalue weighted by atomic mass is 16.4. The van der Waals surface area contributed by atoms with E-state index in [0.29, 0.717) is 18.9 Å². The predicted molar refractivity (Wildman–Crippen MR) is 75.1 cm³/mol. The Bertz CT molecular complexity index is 690. The number of carbonyl (C=O) groups is 1. The number of nitrogens with one attached hydrogen (secondary N) is 2. The molecule has 2 aromatic rings. The average molecular weight is 287 g/mol. The molecule has 0 aliphatic heterocycles. The van der Waals surface area contributed by atoms with Gasteiger partial charge in [-0.3, -0.25) is 10.2 Å². The zero-order valence-corrected chi connectivity index (χ0v) is 11.5. The number of hydrogen-bond donors (Lipinski definition) is 3. The zero-order chi connectivity index (χ0) is 14.8. The minimum absolute atomic E-state index is 0.103. The molecule has 7 nitrogen and oxygen atoms in total. The Hall–Kier alpha value is -2.44. The second-order valence-corrected chi connectivity index (χ2v) is 5.38. The number of carboxylic acids is 1. The highest BCUT2D eigenvalue weighted by Crippen LogP contribution is 2.40. The monoisotopic (exact) mass is 287 g/mol. The van der Waals surface area contributed by atoms with Crippen molar-refractivity contribution in [1.82, 2.24) is 14.8 Å². The van der Waals surface area contributed by atoms with Gasteiger partial charge >= 0.3 is 5.97 Å². The molecule has 1 saturated carbocycles. The number of aliphatic carboxylic acids is 1. The van der Waals surface area contributed by atoms with E-state index >= 15 is 0 Å². The number of fused-ring (bicyclic) bond motifs is 1. The summed E-state index contributed by atoms with van der Waals surface area (Å²) in [5.74, 6) is -0.198. The molecule has 0 unspecified atom stereocenters. The summed E-state index contributed by atoms with van der Waals surface area (Å²) < 4.78 is 1.96. The van der Waals surface area contributed by atoms with Crippen molar-refractivity contribution in [2.45, 2.75) is 38.1 Å². The highest BCUT2D eigenvalue weighted by molar-refractivity contribution is 5.67. The van der Waals surface area contributed by atoms with Crippen LogP contribution < -0.4 is 5.43 Å². The van der Waals surface area contributed by atoms with Crippen LogP contribution >= 0.6 is 0 Å². The molecular formula is C14H17N5O2. The molecule has 0 radical (unpaired) electrons. The Balaban J connectivity index is 1.97. The molecule has 0 aromatic carbocycles. The lowest BCUT2D eigenvalue weighted by atomic mass is 10.1. The molecule has 110 valence electrons. The fourth-order valence-electron chi connectivity index (χ4n) is 2.52. The van der Waals surface area contributed by atoms with Crippen LogP contribution in [-0.4, -0.2) is 20.5 Å². The van der Waals surface area contributed by atoms with Crippen LogP contribution in [0.5, 0.6) is 0 Å². The van der Waals surface area contributed by atoms with Crippen LogP contribution in [0.2, 0.25) is 0 Å².